The van der Waals surface area contributed by atoms with Crippen molar-refractivity contribution >= 4 is 5.97 Å². The number of fused-ring (bicyclic) bond motifs is 4. The van der Waals surface area contributed by atoms with Crippen LogP contribution >= 0.6 is 0 Å². The number of allylic oxidation sites excluding steroid dienone is 2. The van der Waals surface area contributed by atoms with E-state index in [9.17, 15) is 25.2 Å². The number of aliphatic carboxylic acids is 1. The Balaban J connectivity index is 1.71. The Morgan fingerprint density at radius 1 is 1.06 bits per heavy atom. The number of rotatable bonds is 6. The Morgan fingerprint density at radius 3 is 2.28 bits per heavy atom. The predicted octanol–water partition coefficient (Wildman–Crippen LogP) is 5.88. The number of carboxylic acid groups (broad SMARTS) is 1. The lowest BCUT2D eigenvalue weighted by atomic mass is 9.43. The van der Waals surface area contributed by atoms with Crippen LogP contribution in [0.2, 0.25) is 0 Å². The zero-order valence-electron chi connectivity index (χ0n) is 23.7. The van der Waals surface area contributed by atoms with Crippen LogP contribution in [-0.2, 0) is 4.79 Å². The number of aliphatic hydroxyl groups is 3. The summed E-state index contributed by atoms with van der Waals surface area (Å²) < 4.78 is 0. The Kier molecular flexibility index (Phi) is 6.71. The summed E-state index contributed by atoms with van der Waals surface area (Å²) in [6.07, 6.45) is 6.15. The van der Waals surface area contributed by atoms with Crippen LogP contribution < -0.4 is 0 Å². The van der Waals surface area contributed by atoms with E-state index in [0.29, 0.717) is 30.8 Å². The Morgan fingerprint density at radius 2 is 1.69 bits per heavy atom. The number of carbonyl (C=O) groups is 1. The van der Waals surface area contributed by atoms with Crippen molar-refractivity contribution in [3.05, 3.63) is 23.3 Å². The number of aliphatic hydroxyl groups excluding tert-OH is 2. The number of hydrogen-bond acceptors (Lipinski definition) is 4. The molecule has 36 heavy (non-hydrogen) atoms. The summed E-state index contributed by atoms with van der Waals surface area (Å²) in [5.74, 6) is -1.43. The molecule has 4 rings (SSSR count). The van der Waals surface area contributed by atoms with Crippen molar-refractivity contribution in [3.8, 4) is 0 Å². The van der Waals surface area contributed by atoms with E-state index in [1.54, 1.807) is 19.4 Å². The maximum Gasteiger partial charge on any atom is 0.306 e. The fourth-order valence-corrected chi connectivity index (χ4v) is 9.59. The smallest absolute Gasteiger partial charge is 0.306 e. The van der Waals surface area contributed by atoms with Gasteiger partial charge in [-0.1, -0.05) is 52.3 Å². The van der Waals surface area contributed by atoms with Gasteiger partial charge in [-0.05, 0) is 105 Å². The monoisotopic (exact) mass is 502 g/mol. The van der Waals surface area contributed by atoms with Crippen molar-refractivity contribution in [2.24, 2.45) is 39.4 Å². The molecule has 4 N–H and O–H groups in total. The highest BCUT2D eigenvalue weighted by molar-refractivity contribution is 5.71. The molecule has 5 heteroatoms. The highest BCUT2D eigenvalue weighted by atomic mass is 16.4. The largest absolute Gasteiger partial charge is 0.481 e. The normalized spacial score (nSPS) is 42.8. The van der Waals surface area contributed by atoms with Crippen LogP contribution in [-0.4, -0.2) is 44.2 Å². The molecule has 2 saturated carbocycles. The average Bonchev–Trinajstić information content (AvgIpc) is 2.96. The lowest BCUT2D eigenvalue weighted by molar-refractivity contribution is -0.149. The fourth-order valence-electron chi connectivity index (χ4n) is 9.59. The van der Waals surface area contributed by atoms with Crippen molar-refractivity contribution in [3.63, 3.8) is 0 Å². The molecule has 2 fully saturated rings. The lowest BCUT2D eigenvalue weighted by Crippen LogP contribution is -2.55. The lowest BCUT2D eigenvalue weighted by Gasteiger charge is -2.62. The second-order valence-corrected chi connectivity index (χ2v) is 14.5. The summed E-state index contributed by atoms with van der Waals surface area (Å²) in [4.78, 5) is 12.6. The Labute approximate surface area is 218 Å². The van der Waals surface area contributed by atoms with Crippen LogP contribution in [0.3, 0.4) is 0 Å². The third-order valence-corrected chi connectivity index (χ3v) is 12.2. The van der Waals surface area contributed by atoms with Gasteiger partial charge in [0, 0.05) is 5.92 Å². The molecule has 4 aliphatic rings. The second-order valence-electron chi connectivity index (χ2n) is 14.5. The summed E-state index contributed by atoms with van der Waals surface area (Å²) in [6.45, 7) is 18.8. The molecule has 0 unspecified atom stereocenters. The van der Waals surface area contributed by atoms with E-state index in [-0.39, 0.29) is 33.7 Å². The van der Waals surface area contributed by atoms with Crippen LogP contribution in [0.5, 0.6) is 0 Å². The van der Waals surface area contributed by atoms with E-state index in [4.69, 9.17) is 0 Å². The van der Waals surface area contributed by atoms with Gasteiger partial charge in [-0.3, -0.25) is 4.79 Å². The minimum absolute atomic E-state index is 0.0559. The van der Waals surface area contributed by atoms with Gasteiger partial charge in [0.1, 0.15) is 0 Å². The van der Waals surface area contributed by atoms with Gasteiger partial charge in [0.25, 0.3) is 0 Å². The van der Waals surface area contributed by atoms with Crippen LogP contribution in [0.25, 0.3) is 0 Å². The van der Waals surface area contributed by atoms with E-state index < -0.39 is 23.6 Å². The predicted molar refractivity (Wildman–Crippen MR) is 142 cm³/mol. The molecule has 0 aromatic heterocycles. The van der Waals surface area contributed by atoms with E-state index >= 15 is 0 Å². The standard InChI is InChI=1S/C31H50O5/c1-18(28(4,5)36)9-10-19(26(34)35)25-22(32)17-31(8)21-11-12-23-27(2,3)24(33)14-15-29(23,6)20(21)13-16-30(25,31)7/h19,22-25,32-33,36H,1,9-17H2,2-8H3,(H,34,35)/t19-,22-,23+,24+,25+,29-,30-,31+/m1/s1. The van der Waals surface area contributed by atoms with Gasteiger partial charge in [0.2, 0.25) is 0 Å². The Hall–Kier alpha value is -1.17. The third-order valence-electron chi connectivity index (χ3n) is 12.2. The maximum atomic E-state index is 12.6. The van der Waals surface area contributed by atoms with E-state index in [0.717, 1.165) is 38.5 Å². The summed E-state index contributed by atoms with van der Waals surface area (Å²) >= 11 is 0. The van der Waals surface area contributed by atoms with Gasteiger partial charge < -0.3 is 20.4 Å². The molecule has 204 valence electrons. The van der Waals surface area contributed by atoms with E-state index in [1.165, 1.54) is 5.57 Å². The first kappa shape index (κ1) is 27.9. The summed E-state index contributed by atoms with van der Waals surface area (Å²) in [5.41, 5.74) is 2.01. The van der Waals surface area contributed by atoms with E-state index in [2.05, 4.69) is 41.2 Å². The molecule has 8 atom stereocenters. The van der Waals surface area contributed by atoms with Gasteiger partial charge in [0.05, 0.1) is 23.7 Å². The molecule has 0 amide bonds. The highest BCUT2D eigenvalue weighted by Gasteiger charge is 2.66. The van der Waals surface area contributed by atoms with Gasteiger partial charge >= 0.3 is 5.97 Å². The van der Waals surface area contributed by atoms with Crippen molar-refractivity contribution < 1.29 is 25.2 Å². The summed E-state index contributed by atoms with van der Waals surface area (Å²) in [7, 11) is 0. The molecule has 0 aliphatic heterocycles. The van der Waals surface area contributed by atoms with Gasteiger partial charge in [-0.2, -0.15) is 0 Å². The SMILES string of the molecule is C=C(CC[C@@H](C(=O)O)[C@H]1[C@H](O)C[C@@]2(C)C3=C(CC[C@]12C)[C@@]1(C)CC[C@H](O)C(C)(C)[C@@H]1CC3)C(C)(C)O. The first-order valence-electron chi connectivity index (χ1n) is 14.1. The molecule has 5 nitrogen and oxygen atoms in total. The van der Waals surface area contributed by atoms with Gasteiger partial charge in [-0.15, -0.1) is 0 Å². The Bertz CT molecular complexity index is 957. The van der Waals surface area contributed by atoms with Crippen molar-refractivity contribution in [2.75, 3.05) is 0 Å². The molecule has 4 aliphatic carbocycles. The van der Waals surface area contributed by atoms with Crippen LogP contribution in [0.4, 0.5) is 0 Å². The van der Waals surface area contributed by atoms with E-state index in [1.807, 2.05) is 0 Å². The average molecular weight is 503 g/mol. The van der Waals surface area contributed by atoms with Gasteiger partial charge in [0.15, 0.2) is 0 Å². The highest BCUT2D eigenvalue weighted by Crippen LogP contribution is 2.72. The zero-order valence-corrected chi connectivity index (χ0v) is 23.7. The van der Waals surface area contributed by atoms with Crippen LogP contribution in [0.15, 0.2) is 23.3 Å². The fraction of sp³-hybridized carbons (Fsp3) is 0.839. The molecule has 0 spiro atoms. The van der Waals surface area contributed by atoms with Crippen molar-refractivity contribution in [2.45, 2.75) is 124 Å². The molecular weight excluding hydrogens is 452 g/mol. The summed E-state index contributed by atoms with van der Waals surface area (Å²) in [6, 6.07) is 0. The number of carboxylic acids is 1. The van der Waals surface area contributed by atoms with Crippen molar-refractivity contribution in [1.82, 2.24) is 0 Å². The maximum absolute atomic E-state index is 12.6. The molecule has 0 radical (unpaired) electrons. The molecular formula is C31H50O5. The number of hydrogen-bond donors (Lipinski definition) is 4. The quantitative estimate of drug-likeness (QED) is 0.340. The minimum Gasteiger partial charge on any atom is -0.481 e. The first-order chi connectivity index (χ1) is 16.4. The molecule has 0 saturated heterocycles. The summed E-state index contributed by atoms with van der Waals surface area (Å²) in [5, 5.41) is 43.0. The van der Waals surface area contributed by atoms with Crippen LogP contribution in [0.1, 0.15) is 106 Å². The molecule has 0 aromatic rings. The molecule has 0 heterocycles. The topological polar surface area (TPSA) is 98.0 Å². The third kappa shape index (κ3) is 3.86. The van der Waals surface area contributed by atoms with Gasteiger partial charge in [-0.25, -0.2) is 0 Å². The first-order valence-corrected chi connectivity index (χ1v) is 14.1. The zero-order chi connectivity index (χ0) is 27.1. The second kappa shape index (κ2) is 8.68. The molecule has 0 aromatic carbocycles. The molecule has 0 bridgehead atoms. The minimum atomic E-state index is -1.05. The van der Waals surface area contributed by atoms with Crippen molar-refractivity contribution in [1.29, 1.82) is 0 Å². The van der Waals surface area contributed by atoms with Crippen LogP contribution in [0, 0.1) is 39.4 Å².